The van der Waals surface area contributed by atoms with Crippen LogP contribution in [0.15, 0.2) is 58.1 Å². The van der Waals surface area contributed by atoms with E-state index in [1.807, 2.05) is 42.4 Å². The van der Waals surface area contributed by atoms with Gasteiger partial charge in [-0.25, -0.2) is 0 Å². The SMILES string of the molecule is C#CC(=O)NCc1cnn(Cc2cc(N)c(/C(N)=N/Sc3ccccc3OC)c(OC)c2)c1. The van der Waals surface area contributed by atoms with Gasteiger partial charge in [-0.15, -0.1) is 6.42 Å². The predicted octanol–water partition coefficient (Wildman–Crippen LogP) is 2.19. The Morgan fingerprint density at radius 3 is 2.73 bits per heavy atom. The molecule has 0 bridgehead atoms. The van der Waals surface area contributed by atoms with Crippen molar-refractivity contribution in [2.24, 2.45) is 10.1 Å². The molecular formula is C23H24N6O3S. The zero-order valence-corrected chi connectivity index (χ0v) is 19.1. The van der Waals surface area contributed by atoms with E-state index >= 15 is 0 Å². The average Bonchev–Trinajstić information content (AvgIpc) is 3.27. The van der Waals surface area contributed by atoms with Gasteiger partial charge in [0.1, 0.15) is 17.3 Å². The summed E-state index contributed by atoms with van der Waals surface area (Å²) in [5, 5.41) is 6.90. The van der Waals surface area contributed by atoms with Gasteiger partial charge in [-0.3, -0.25) is 9.48 Å². The lowest BCUT2D eigenvalue weighted by Gasteiger charge is -2.14. The van der Waals surface area contributed by atoms with Gasteiger partial charge >= 0.3 is 0 Å². The number of rotatable bonds is 9. The maximum Gasteiger partial charge on any atom is 0.295 e. The van der Waals surface area contributed by atoms with Gasteiger partial charge in [0, 0.05) is 35.9 Å². The molecule has 1 amide bonds. The highest BCUT2D eigenvalue weighted by Crippen LogP contribution is 2.32. The number of anilines is 1. The number of nitrogen functional groups attached to an aromatic ring is 1. The van der Waals surface area contributed by atoms with Gasteiger partial charge in [-0.2, -0.15) is 9.50 Å². The molecule has 0 aliphatic carbocycles. The van der Waals surface area contributed by atoms with Crippen LogP contribution in [0.1, 0.15) is 16.7 Å². The Labute approximate surface area is 196 Å². The number of aromatic nitrogens is 2. The van der Waals surface area contributed by atoms with E-state index in [2.05, 4.69) is 14.8 Å². The number of amides is 1. The monoisotopic (exact) mass is 464 g/mol. The molecule has 0 aliphatic heterocycles. The minimum atomic E-state index is -0.473. The summed E-state index contributed by atoms with van der Waals surface area (Å²) in [5.41, 5.74) is 15.2. The fourth-order valence-corrected chi connectivity index (χ4v) is 3.73. The van der Waals surface area contributed by atoms with Crippen molar-refractivity contribution in [3.63, 3.8) is 0 Å². The molecule has 0 atom stereocenters. The highest BCUT2D eigenvalue weighted by molar-refractivity contribution is 7.98. The van der Waals surface area contributed by atoms with Crippen molar-refractivity contribution in [1.29, 1.82) is 0 Å². The van der Waals surface area contributed by atoms with Crippen LogP contribution in [0, 0.1) is 12.3 Å². The quantitative estimate of drug-likeness (QED) is 0.145. The molecule has 0 saturated heterocycles. The van der Waals surface area contributed by atoms with Crippen LogP contribution in [0.25, 0.3) is 0 Å². The molecule has 1 aromatic heterocycles. The first kappa shape index (κ1) is 23.6. The van der Waals surface area contributed by atoms with Crippen molar-refractivity contribution in [1.82, 2.24) is 15.1 Å². The van der Waals surface area contributed by atoms with Crippen molar-refractivity contribution in [2.45, 2.75) is 18.0 Å². The lowest BCUT2D eigenvalue weighted by Crippen LogP contribution is -2.20. The second kappa shape index (κ2) is 11.0. The van der Waals surface area contributed by atoms with E-state index in [4.69, 9.17) is 27.4 Å². The predicted molar refractivity (Wildman–Crippen MR) is 129 cm³/mol. The van der Waals surface area contributed by atoms with Crippen LogP contribution in [0.5, 0.6) is 11.5 Å². The van der Waals surface area contributed by atoms with Crippen molar-refractivity contribution >= 4 is 29.4 Å². The van der Waals surface area contributed by atoms with Crippen LogP contribution < -0.4 is 26.3 Å². The molecule has 3 aromatic rings. The van der Waals surface area contributed by atoms with Crippen LogP contribution in [0.3, 0.4) is 0 Å². The molecule has 2 aromatic carbocycles. The van der Waals surface area contributed by atoms with Gasteiger partial charge in [0.25, 0.3) is 5.91 Å². The number of ether oxygens (including phenoxy) is 2. The number of nitrogens with two attached hydrogens (primary N) is 2. The number of carbonyl (C=O) groups is 1. The lowest BCUT2D eigenvalue weighted by molar-refractivity contribution is -0.115. The van der Waals surface area contributed by atoms with Gasteiger partial charge in [-0.1, -0.05) is 12.1 Å². The summed E-state index contributed by atoms with van der Waals surface area (Å²) in [6, 6.07) is 11.1. The van der Waals surface area contributed by atoms with E-state index in [0.717, 1.165) is 16.0 Å². The highest BCUT2D eigenvalue weighted by Gasteiger charge is 2.15. The number of carbonyl (C=O) groups excluding carboxylic acids is 1. The number of benzene rings is 2. The molecule has 0 saturated carbocycles. The van der Waals surface area contributed by atoms with Gasteiger partial charge in [0.05, 0.1) is 37.4 Å². The second-order valence-corrected chi connectivity index (χ2v) is 7.66. The molecule has 9 nitrogen and oxygen atoms in total. The van der Waals surface area contributed by atoms with Crippen LogP contribution in [-0.2, 0) is 17.9 Å². The molecule has 1 heterocycles. The van der Waals surface area contributed by atoms with Crippen LogP contribution in [0.2, 0.25) is 0 Å². The molecule has 5 N–H and O–H groups in total. The summed E-state index contributed by atoms with van der Waals surface area (Å²) < 4.78 is 17.0. The summed E-state index contributed by atoms with van der Waals surface area (Å²) in [6.07, 6.45) is 8.52. The summed E-state index contributed by atoms with van der Waals surface area (Å²) in [6.45, 7) is 0.737. The number of nitrogens with zero attached hydrogens (tertiary/aromatic N) is 3. The maximum atomic E-state index is 11.2. The summed E-state index contributed by atoms with van der Waals surface area (Å²) >= 11 is 1.19. The molecule has 170 valence electrons. The van der Waals surface area contributed by atoms with Gasteiger partial charge in [0.2, 0.25) is 0 Å². The van der Waals surface area contributed by atoms with Crippen molar-refractivity contribution in [3.8, 4) is 23.8 Å². The average molecular weight is 465 g/mol. The van der Waals surface area contributed by atoms with Gasteiger partial charge in [0.15, 0.2) is 0 Å². The summed E-state index contributed by atoms with van der Waals surface area (Å²) in [7, 11) is 3.14. The number of hydrogen-bond acceptors (Lipinski definition) is 7. The number of terminal acetylenes is 1. The molecule has 3 rings (SSSR count). The normalized spacial score (nSPS) is 11.0. The largest absolute Gasteiger partial charge is 0.496 e. The second-order valence-electron chi connectivity index (χ2n) is 6.85. The Hall–Kier alpha value is -4.10. The van der Waals surface area contributed by atoms with E-state index in [1.54, 1.807) is 31.2 Å². The fourth-order valence-electron chi connectivity index (χ4n) is 3.07. The standard InChI is InChI=1S/C23H24N6O3S/c1-4-21(30)26-11-16-12-27-29(14-16)13-15-9-17(24)22(19(10-15)32-3)23(25)28-33-20-8-6-5-7-18(20)31-2/h1,5-10,12,14H,11,13,24H2,2-3H3,(H2,25,28)(H,26,30). The number of para-hydroxylation sites is 1. The zero-order chi connectivity index (χ0) is 23.8. The zero-order valence-electron chi connectivity index (χ0n) is 18.2. The third-order valence-corrected chi connectivity index (χ3v) is 5.42. The molecule has 0 spiro atoms. The van der Waals surface area contributed by atoms with E-state index in [-0.39, 0.29) is 5.84 Å². The van der Waals surface area contributed by atoms with E-state index in [9.17, 15) is 4.79 Å². The van der Waals surface area contributed by atoms with Crippen LogP contribution >= 0.6 is 11.9 Å². The molecular weight excluding hydrogens is 440 g/mol. The van der Waals surface area contributed by atoms with Crippen LogP contribution in [0.4, 0.5) is 5.69 Å². The van der Waals surface area contributed by atoms with Gasteiger partial charge < -0.3 is 26.3 Å². The topological polar surface area (TPSA) is 130 Å². The first-order chi connectivity index (χ1) is 15.9. The van der Waals surface area contributed by atoms with Crippen molar-refractivity contribution in [3.05, 3.63) is 65.5 Å². The number of amidine groups is 1. The highest BCUT2D eigenvalue weighted by atomic mass is 32.2. The molecule has 33 heavy (non-hydrogen) atoms. The third kappa shape index (κ3) is 5.99. The Bertz CT molecular complexity index is 1220. The lowest BCUT2D eigenvalue weighted by atomic mass is 10.1. The first-order valence-electron chi connectivity index (χ1n) is 9.81. The molecule has 0 unspecified atom stereocenters. The number of hydrogen-bond donors (Lipinski definition) is 3. The number of nitrogens with one attached hydrogen (secondary N) is 1. The summed E-state index contributed by atoms with van der Waals surface area (Å²) in [4.78, 5) is 12.0. The van der Waals surface area contributed by atoms with E-state index in [1.165, 1.54) is 11.9 Å². The maximum absolute atomic E-state index is 11.2. The smallest absolute Gasteiger partial charge is 0.295 e. The fraction of sp³-hybridized carbons (Fsp3) is 0.174. The van der Waals surface area contributed by atoms with Gasteiger partial charge in [-0.05, 0) is 35.7 Å². The summed E-state index contributed by atoms with van der Waals surface area (Å²) in [5.74, 6) is 2.97. The Kier molecular flexibility index (Phi) is 7.83. The third-order valence-electron chi connectivity index (χ3n) is 4.60. The Morgan fingerprint density at radius 1 is 1.24 bits per heavy atom. The Balaban J connectivity index is 1.78. The van der Waals surface area contributed by atoms with Crippen molar-refractivity contribution < 1.29 is 14.3 Å². The number of methoxy groups -OCH3 is 2. The van der Waals surface area contributed by atoms with E-state index < -0.39 is 5.91 Å². The molecule has 0 radical (unpaired) electrons. The molecule has 0 fully saturated rings. The molecule has 10 heteroatoms. The first-order valence-corrected chi connectivity index (χ1v) is 10.6. The van der Waals surface area contributed by atoms with E-state index in [0.29, 0.717) is 35.8 Å². The Morgan fingerprint density at radius 2 is 2.00 bits per heavy atom. The van der Waals surface area contributed by atoms with Crippen LogP contribution in [-0.4, -0.2) is 35.7 Å². The minimum Gasteiger partial charge on any atom is -0.496 e. The minimum absolute atomic E-state index is 0.234. The molecule has 0 aliphatic rings. The van der Waals surface area contributed by atoms with Crippen molar-refractivity contribution in [2.75, 3.05) is 20.0 Å².